The van der Waals surface area contributed by atoms with E-state index in [0.717, 1.165) is 4.90 Å². The summed E-state index contributed by atoms with van der Waals surface area (Å²) in [5.41, 5.74) is -0.328. The molecule has 0 spiro atoms. The van der Waals surface area contributed by atoms with E-state index in [4.69, 9.17) is 9.47 Å². The van der Waals surface area contributed by atoms with Crippen LogP contribution in [0.2, 0.25) is 0 Å². The van der Waals surface area contributed by atoms with E-state index in [-0.39, 0.29) is 24.6 Å². The van der Waals surface area contributed by atoms with Crippen LogP contribution in [0.3, 0.4) is 0 Å². The Kier molecular flexibility index (Phi) is 4.21. The Balaban J connectivity index is 2.07. The quantitative estimate of drug-likeness (QED) is 0.588. The standard InChI is InChI=1S/C12H12N2O7/c1-19-8-2-3-10(9(6-8)14(17)18)21-7-11(15)13-4-5-20-12(13)16/h2-3,6H,4-5,7H2,1H3. The zero-order valence-corrected chi connectivity index (χ0v) is 11.1. The molecule has 9 heteroatoms. The van der Waals surface area contributed by atoms with Crippen LogP contribution in [0, 0.1) is 10.1 Å². The highest BCUT2D eigenvalue weighted by Crippen LogP contribution is 2.31. The fourth-order valence-corrected chi connectivity index (χ4v) is 1.73. The first-order chi connectivity index (χ1) is 10.0. The number of nitro benzene ring substituents is 1. The number of rotatable bonds is 5. The second kappa shape index (κ2) is 6.07. The number of amides is 2. The SMILES string of the molecule is COc1ccc(OCC(=O)N2CCOC2=O)c([N+](=O)[O-])c1. The first-order valence-corrected chi connectivity index (χ1v) is 5.95. The lowest BCUT2D eigenvalue weighted by molar-refractivity contribution is -0.385. The zero-order valence-electron chi connectivity index (χ0n) is 11.1. The van der Waals surface area contributed by atoms with Crippen molar-refractivity contribution in [3.8, 4) is 11.5 Å². The van der Waals surface area contributed by atoms with Crippen LogP contribution in [0.5, 0.6) is 11.5 Å². The minimum Gasteiger partial charge on any atom is -0.496 e. The molecule has 0 aromatic heterocycles. The zero-order chi connectivity index (χ0) is 15.4. The number of hydrogen-bond donors (Lipinski definition) is 0. The summed E-state index contributed by atoms with van der Waals surface area (Å²) in [6, 6.07) is 3.98. The molecule has 1 aromatic rings. The van der Waals surface area contributed by atoms with E-state index < -0.39 is 23.5 Å². The molecule has 9 nitrogen and oxygen atoms in total. The summed E-state index contributed by atoms with van der Waals surface area (Å²) in [6.45, 7) is -0.221. The maximum Gasteiger partial charge on any atom is 0.416 e. The van der Waals surface area contributed by atoms with Gasteiger partial charge in [-0.2, -0.15) is 0 Å². The van der Waals surface area contributed by atoms with Gasteiger partial charge < -0.3 is 14.2 Å². The number of nitro groups is 1. The monoisotopic (exact) mass is 296 g/mol. The van der Waals surface area contributed by atoms with Crippen LogP contribution in [0.15, 0.2) is 18.2 Å². The van der Waals surface area contributed by atoms with Crippen molar-refractivity contribution in [3.63, 3.8) is 0 Å². The summed E-state index contributed by atoms with van der Waals surface area (Å²) >= 11 is 0. The number of cyclic esters (lactones) is 1. The molecule has 2 rings (SSSR count). The van der Waals surface area contributed by atoms with Crippen molar-refractivity contribution in [3.05, 3.63) is 28.3 Å². The Morgan fingerprint density at radius 2 is 2.29 bits per heavy atom. The lowest BCUT2D eigenvalue weighted by Crippen LogP contribution is -2.35. The minimum absolute atomic E-state index is 0.0817. The Hall–Kier alpha value is -2.84. The van der Waals surface area contributed by atoms with E-state index in [1.165, 1.54) is 25.3 Å². The molecule has 0 unspecified atom stereocenters. The molecule has 0 saturated carbocycles. The second-order valence-corrected chi connectivity index (χ2v) is 4.04. The predicted molar refractivity (Wildman–Crippen MR) is 68.2 cm³/mol. The molecule has 1 fully saturated rings. The Morgan fingerprint density at radius 3 is 2.86 bits per heavy atom. The molecule has 1 aliphatic rings. The van der Waals surface area contributed by atoms with Crippen LogP contribution in [0.25, 0.3) is 0 Å². The average molecular weight is 296 g/mol. The highest BCUT2D eigenvalue weighted by Gasteiger charge is 2.29. The number of ether oxygens (including phenoxy) is 3. The van der Waals surface area contributed by atoms with E-state index in [2.05, 4.69) is 4.74 Å². The van der Waals surface area contributed by atoms with Gasteiger partial charge in [-0.3, -0.25) is 14.9 Å². The molecule has 1 heterocycles. The van der Waals surface area contributed by atoms with Crippen LogP contribution < -0.4 is 9.47 Å². The molecule has 0 atom stereocenters. The van der Waals surface area contributed by atoms with E-state index >= 15 is 0 Å². The highest BCUT2D eigenvalue weighted by molar-refractivity contribution is 5.93. The van der Waals surface area contributed by atoms with Gasteiger partial charge in [0.25, 0.3) is 5.91 Å². The van der Waals surface area contributed by atoms with Crippen molar-refractivity contribution in [2.75, 3.05) is 26.9 Å². The summed E-state index contributed by atoms with van der Waals surface area (Å²) in [5, 5.41) is 10.9. The van der Waals surface area contributed by atoms with Gasteiger partial charge in [0, 0.05) is 0 Å². The van der Waals surface area contributed by atoms with Crippen molar-refractivity contribution in [1.29, 1.82) is 0 Å². The normalized spacial score (nSPS) is 13.8. The summed E-state index contributed by atoms with van der Waals surface area (Å²) in [4.78, 5) is 34.1. The van der Waals surface area contributed by atoms with Crippen LogP contribution in [-0.2, 0) is 9.53 Å². The maximum atomic E-state index is 11.7. The van der Waals surface area contributed by atoms with Gasteiger partial charge in [0.05, 0.1) is 24.6 Å². The largest absolute Gasteiger partial charge is 0.496 e. The highest BCUT2D eigenvalue weighted by atomic mass is 16.6. The van der Waals surface area contributed by atoms with Crippen LogP contribution in [0.1, 0.15) is 0 Å². The molecule has 21 heavy (non-hydrogen) atoms. The topological polar surface area (TPSA) is 108 Å². The summed E-state index contributed by atoms with van der Waals surface area (Å²) in [7, 11) is 1.38. The lowest BCUT2D eigenvalue weighted by atomic mass is 10.3. The predicted octanol–water partition coefficient (Wildman–Crippen LogP) is 0.961. The van der Waals surface area contributed by atoms with Gasteiger partial charge in [-0.1, -0.05) is 0 Å². The third-order valence-electron chi connectivity index (χ3n) is 2.78. The van der Waals surface area contributed by atoms with Crippen molar-refractivity contribution < 1.29 is 28.7 Å². The molecule has 0 N–H and O–H groups in total. The number of carbonyl (C=O) groups is 2. The number of carbonyl (C=O) groups excluding carboxylic acids is 2. The molecule has 0 radical (unpaired) electrons. The molecule has 1 saturated heterocycles. The first-order valence-electron chi connectivity index (χ1n) is 5.95. The van der Waals surface area contributed by atoms with Crippen LogP contribution >= 0.6 is 0 Å². The molecule has 2 amide bonds. The number of imide groups is 1. The van der Waals surface area contributed by atoms with Gasteiger partial charge in [0.2, 0.25) is 0 Å². The average Bonchev–Trinajstić information content (AvgIpc) is 2.90. The van der Waals surface area contributed by atoms with E-state index in [1.807, 2.05) is 0 Å². The molecular formula is C12H12N2O7. The number of benzene rings is 1. The van der Waals surface area contributed by atoms with Crippen LogP contribution in [-0.4, -0.2) is 48.7 Å². The Labute approximate surface area is 119 Å². The lowest BCUT2D eigenvalue weighted by Gasteiger charge is -2.12. The summed E-state index contributed by atoms with van der Waals surface area (Å²) in [6.07, 6.45) is -0.743. The number of nitrogens with zero attached hydrogens (tertiary/aromatic N) is 2. The Morgan fingerprint density at radius 1 is 1.52 bits per heavy atom. The molecular weight excluding hydrogens is 284 g/mol. The third kappa shape index (κ3) is 3.19. The second-order valence-electron chi connectivity index (χ2n) is 4.04. The van der Waals surface area contributed by atoms with Gasteiger partial charge in [0.1, 0.15) is 12.4 Å². The van der Waals surface area contributed by atoms with Gasteiger partial charge in [-0.25, -0.2) is 9.69 Å². The van der Waals surface area contributed by atoms with Gasteiger partial charge in [-0.05, 0) is 12.1 Å². The third-order valence-corrected chi connectivity index (χ3v) is 2.78. The van der Waals surface area contributed by atoms with Gasteiger partial charge in [0.15, 0.2) is 12.4 Å². The van der Waals surface area contributed by atoms with Crippen molar-refractivity contribution in [2.45, 2.75) is 0 Å². The van der Waals surface area contributed by atoms with Crippen molar-refractivity contribution in [1.82, 2.24) is 4.90 Å². The summed E-state index contributed by atoms with van der Waals surface area (Å²) in [5.74, 6) is -0.409. The molecule has 0 aliphatic carbocycles. The summed E-state index contributed by atoms with van der Waals surface area (Å²) < 4.78 is 14.6. The first kappa shape index (κ1) is 14.6. The number of hydrogen-bond acceptors (Lipinski definition) is 7. The molecule has 1 aliphatic heterocycles. The van der Waals surface area contributed by atoms with Crippen LogP contribution in [0.4, 0.5) is 10.5 Å². The van der Waals surface area contributed by atoms with E-state index in [0.29, 0.717) is 5.75 Å². The maximum absolute atomic E-state index is 11.7. The fourth-order valence-electron chi connectivity index (χ4n) is 1.73. The van der Waals surface area contributed by atoms with Crippen molar-refractivity contribution in [2.24, 2.45) is 0 Å². The van der Waals surface area contributed by atoms with Gasteiger partial charge >= 0.3 is 11.8 Å². The van der Waals surface area contributed by atoms with Crippen molar-refractivity contribution >= 4 is 17.7 Å². The minimum atomic E-state index is -0.743. The smallest absolute Gasteiger partial charge is 0.416 e. The molecule has 1 aromatic carbocycles. The number of methoxy groups -OCH3 is 1. The molecule has 0 bridgehead atoms. The molecule has 112 valence electrons. The Bertz CT molecular complexity index is 587. The van der Waals surface area contributed by atoms with E-state index in [1.54, 1.807) is 0 Å². The van der Waals surface area contributed by atoms with E-state index in [9.17, 15) is 19.7 Å². The fraction of sp³-hybridized carbons (Fsp3) is 0.333. The van der Waals surface area contributed by atoms with Gasteiger partial charge in [-0.15, -0.1) is 0 Å².